The smallest absolute Gasteiger partial charge is 0.307 e. The van der Waals surface area contributed by atoms with Crippen LogP contribution in [0, 0.1) is 29.6 Å². The molecule has 0 aromatic heterocycles. The van der Waals surface area contributed by atoms with Crippen LogP contribution < -0.4 is 0 Å². The zero-order valence-corrected chi connectivity index (χ0v) is 12.1. The molecule has 2 heterocycles. The van der Waals surface area contributed by atoms with Gasteiger partial charge in [0.2, 0.25) is 0 Å². The van der Waals surface area contributed by atoms with E-state index in [2.05, 4.69) is 0 Å². The van der Waals surface area contributed by atoms with Crippen LogP contribution >= 0.6 is 0 Å². The molecule has 6 heteroatoms. The molecule has 2 aliphatic heterocycles. The number of ether oxygens (including phenoxy) is 2. The zero-order valence-electron chi connectivity index (χ0n) is 12.1. The molecule has 0 bridgehead atoms. The van der Waals surface area contributed by atoms with Crippen LogP contribution in [0.15, 0.2) is 0 Å². The molecule has 0 aromatic carbocycles. The number of carbonyl (C=O) groups is 2. The average Bonchev–Trinajstić information content (AvgIpc) is 3.27. The Labute approximate surface area is 123 Å². The van der Waals surface area contributed by atoms with E-state index in [-0.39, 0.29) is 30.0 Å². The predicted octanol–water partition coefficient (Wildman–Crippen LogP) is 1.24. The van der Waals surface area contributed by atoms with Crippen molar-refractivity contribution in [3.8, 4) is 0 Å². The first-order valence-electron chi connectivity index (χ1n) is 7.66. The topological polar surface area (TPSA) is 99.7 Å². The highest BCUT2D eigenvalue weighted by Crippen LogP contribution is 2.48. The Morgan fingerprint density at radius 3 is 2.10 bits per heavy atom. The van der Waals surface area contributed by atoms with E-state index in [0.29, 0.717) is 6.42 Å². The van der Waals surface area contributed by atoms with Crippen LogP contribution in [0.3, 0.4) is 0 Å². The van der Waals surface area contributed by atoms with E-state index in [4.69, 9.17) is 9.47 Å². The predicted molar refractivity (Wildman–Crippen MR) is 71.7 cm³/mol. The van der Waals surface area contributed by atoms with Gasteiger partial charge in [0, 0.05) is 0 Å². The first-order valence-corrected chi connectivity index (χ1v) is 7.66. The van der Waals surface area contributed by atoms with E-state index in [1.165, 1.54) is 0 Å². The van der Waals surface area contributed by atoms with Gasteiger partial charge in [-0.15, -0.1) is 0 Å². The summed E-state index contributed by atoms with van der Waals surface area (Å²) in [6.07, 6.45) is 2.59. The van der Waals surface area contributed by atoms with Crippen LogP contribution in [0.5, 0.6) is 0 Å². The van der Waals surface area contributed by atoms with E-state index >= 15 is 0 Å². The molecule has 2 saturated heterocycles. The summed E-state index contributed by atoms with van der Waals surface area (Å²) in [7, 11) is 0. The SMILES string of the molecule is CC1C(CC2CO2)C(CC2CO2)CC(C(=O)O)C1C(=O)O. The number of hydrogen-bond acceptors (Lipinski definition) is 4. The van der Waals surface area contributed by atoms with Crippen molar-refractivity contribution in [1.82, 2.24) is 0 Å². The molecular formula is C15H22O6. The van der Waals surface area contributed by atoms with Crippen LogP contribution in [0.2, 0.25) is 0 Å². The molecule has 7 atom stereocenters. The van der Waals surface area contributed by atoms with E-state index in [1.54, 1.807) is 0 Å². The molecule has 0 radical (unpaired) electrons. The van der Waals surface area contributed by atoms with E-state index in [0.717, 1.165) is 26.1 Å². The summed E-state index contributed by atoms with van der Waals surface area (Å²) in [4.78, 5) is 23.0. The number of epoxide rings is 2. The summed E-state index contributed by atoms with van der Waals surface area (Å²) in [5.74, 6) is -3.30. The van der Waals surface area contributed by atoms with Gasteiger partial charge in [-0.25, -0.2) is 0 Å². The fourth-order valence-electron chi connectivity index (χ4n) is 4.09. The number of aliphatic carboxylic acids is 2. The van der Waals surface area contributed by atoms with Crippen molar-refractivity contribution in [2.45, 2.75) is 38.4 Å². The molecule has 3 fully saturated rings. The maximum Gasteiger partial charge on any atom is 0.307 e. The third-order valence-corrected chi connectivity index (χ3v) is 5.35. The lowest BCUT2D eigenvalue weighted by atomic mass is 9.60. The third kappa shape index (κ3) is 3.21. The maximum atomic E-state index is 11.5. The first-order chi connectivity index (χ1) is 9.97. The molecule has 0 amide bonds. The van der Waals surface area contributed by atoms with Gasteiger partial charge in [-0.3, -0.25) is 9.59 Å². The summed E-state index contributed by atoms with van der Waals surface area (Å²) in [6.45, 7) is 3.38. The Balaban J connectivity index is 1.79. The van der Waals surface area contributed by atoms with E-state index in [9.17, 15) is 19.8 Å². The van der Waals surface area contributed by atoms with Crippen molar-refractivity contribution in [2.24, 2.45) is 29.6 Å². The molecule has 6 nitrogen and oxygen atoms in total. The lowest BCUT2D eigenvalue weighted by molar-refractivity contribution is -0.162. The van der Waals surface area contributed by atoms with E-state index in [1.807, 2.05) is 6.92 Å². The van der Waals surface area contributed by atoms with Crippen LogP contribution in [0.4, 0.5) is 0 Å². The van der Waals surface area contributed by atoms with Gasteiger partial charge in [-0.2, -0.15) is 0 Å². The van der Waals surface area contributed by atoms with Gasteiger partial charge >= 0.3 is 11.9 Å². The number of carboxylic acid groups (broad SMARTS) is 2. The van der Waals surface area contributed by atoms with Crippen molar-refractivity contribution in [3.05, 3.63) is 0 Å². The third-order valence-electron chi connectivity index (χ3n) is 5.35. The molecule has 118 valence electrons. The quantitative estimate of drug-likeness (QED) is 0.716. The molecule has 3 rings (SSSR count). The second-order valence-electron chi connectivity index (χ2n) is 6.71. The van der Waals surface area contributed by atoms with Crippen molar-refractivity contribution >= 4 is 11.9 Å². The summed E-state index contributed by atoms with van der Waals surface area (Å²) < 4.78 is 10.6. The van der Waals surface area contributed by atoms with Crippen molar-refractivity contribution in [2.75, 3.05) is 13.2 Å². The highest BCUT2D eigenvalue weighted by atomic mass is 16.6. The molecule has 0 spiro atoms. The van der Waals surface area contributed by atoms with Crippen LogP contribution in [-0.4, -0.2) is 47.6 Å². The number of hydrogen-bond donors (Lipinski definition) is 2. The maximum absolute atomic E-state index is 11.5. The number of rotatable bonds is 6. The molecule has 3 aliphatic rings. The second-order valence-corrected chi connectivity index (χ2v) is 6.71. The Morgan fingerprint density at radius 1 is 1.05 bits per heavy atom. The van der Waals surface area contributed by atoms with Crippen molar-refractivity contribution in [1.29, 1.82) is 0 Å². The minimum Gasteiger partial charge on any atom is -0.481 e. The van der Waals surface area contributed by atoms with Gasteiger partial charge < -0.3 is 19.7 Å². The highest BCUT2D eigenvalue weighted by Gasteiger charge is 2.50. The second kappa shape index (κ2) is 5.57. The van der Waals surface area contributed by atoms with Gasteiger partial charge in [0.15, 0.2) is 0 Å². The Hall–Kier alpha value is -1.14. The molecule has 21 heavy (non-hydrogen) atoms. The molecule has 0 aromatic rings. The molecule has 1 aliphatic carbocycles. The Kier molecular flexibility index (Phi) is 3.92. The summed E-state index contributed by atoms with van der Waals surface area (Å²) in [5.41, 5.74) is 0. The fourth-order valence-corrected chi connectivity index (χ4v) is 4.09. The van der Waals surface area contributed by atoms with Gasteiger partial charge in [0.25, 0.3) is 0 Å². The van der Waals surface area contributed by atoms with Crippen molar-refractivity contribution in [3.63, 3.8) is 0 Å². The fraction of sp³-hybridized carbons (Fsp3) is 0.867. The monoisotopic (exact) mass is 298 g/mol. The Bertz CT molecular complexity index is 428. The normalized spacial score (nSPS) is 45.1. The highest BCUT2D eigenvalue weighted by molar-refractivity contribution is 5.80. The standard InChI is InChI=1S/C15H22O6/c1-7-11(4-10-6-21-10)8(2-9-5-20-9)3-12(14(16)17)13(7)15(18)19/h7-13H,2-6H2,1H3,(H,16,17)(H,18,19). The van der Waals surface area contributed by atoms with Crippen molar-refractivity contribution < 1.29 is 29.3 Å². The summed E-state index contributed by atoms with van der Waals surface area (Å²) in [6, 6.07) is 0. The zero-order chi connectivity index (χ0) is 15.1. The van der Waals surface area contributed by atoms with Gasteiger partial charge in [0.1, 0.15) is 0 Å². The Morgan fingerprint density at radius 2 is 1.62 bits per heavy atom. The molecule has 7 unspecified atom stereocenters. The first kappa shape index (κ1) is 14.8. The average molecular weight is 298 g/mol. The lowest BCUT2D eigenvalue weighted by Crippen LogP contribution is -2.46. The lowest BCUT2D eigenvalue weighted by Gasteiger charge is -2.43. The molecule has 1 saturated carbocycles. The molecular weight excluding hydrogens is 276 g/mol. The van der Waals surface area contributed by atoms with Gasteiger partial charge in [0.05, 0.1) is 37.3 Å². The minimum absolute atomic E-state index is 0.148. The largest absolute Gasteiger partial charge is 0.481 e. The van der Waals surface area contributed by atoms with Crippen LogP contribution in [0.1, 0.15) is 26.2 Å². The van der Waals surface area contributed by atoms with Gasteiger partial charge in [-0.05, 0) is 37.0 Å². The summed E-state index contributed by atoms with van der Waals surface area (Å²) >= 11 is 0. The molecule has 2 N–H and O–H groups in total. The van der Waals surface area contributed by atoms with Gasteiger partial charge in [-0.1, -0.05) is 6.92 Å². The van der Waals surface area contributed by atoms with E-state index < -0.39 is 23.8 Å². The van der Waals surface area contributed by atoms with Crippen LogP contribution in [-0.2, 0) is 19.1 Å². The minimum atomic E-state index is -0.989. The number of carboxylic acids is 2. The summed E-state index contributed by atoms with van der Waals surface area (Å²) in [5, 5.41) is 18.9. The van der Waals surface area contributed by atoms with Crippen LogP contribution in [0.25, 0.3) is 0 Å².